The Bertz CT molecular complexity index is 245. The fourth-order valence-corrected chi connectivity index (χ4v) is 3.09. The molecule has 1 aliphatic rings. The Morgan fingerprint density at radius 3 is 2.35 bits per heavy atom. The van der Waals surface area contributed by atoms with Crippen molar-refractivity contribution < 1.29 is 9.90 Å². The molecule has 17 heavy (non-hydrogen) atoms. The van der Waals surface area contributed by atoms with Crippen molar-refractivity contribution in [1.82, 2.24) is 5.32 Å². The Morgan fingerprint density at radius 2 is 1.88 bits per heavy atom. The lowest BCUT2D eigenvalue weighted by molar-refractivity contribution is -0.140. The summed E-state index contributed by atoms with van der Waals surface area (Å²) in [5.74, 6) is -0.263. The van der Waals surface area contributed by atoms with Crippen molar-refractivity contribution in [1.29, 1.82) is 0 Å². The number of hydrogen-bond donors (Lipinski definition) is 2. The van der Waals surface area contributed by atoms with E-state index >= 15 is 0 Å². The molecule has 0 radical (unpaired) electrons. The molecule has 0 heterocycles. The van der Waals surface area contributed by atoms with Crippen LogP contribution in [0.4, 0.5) is 0 Å². The molecule has 1 fully saturated rings. The Hall–Kier alpha value is -0.570. The first kappa shape index (κ1) is 14.5. The van der Waals surface area contributed by atoms with Gasteiger partial charge in [-0.3, -0.25) is 4.79 Å². The average molecular weight is 241 g/mol. The minimum atomic E-state index is -0.707. The van der Waals surface area contributed by atoms with Gasteiger partial charge in [0.1, 0.15) is 0 Å². The maximum absolute atomic E-state index is 10.7. The van der Waals surface area contributed by atoms with Crippen LogP contribution in [0.15, 0.2) is 0 Å². The van der Waals surface area contributed by atoms with Gasteiger partial charge >= 0.3 is 5.97 Å². The molecule has 1 aliphatic carbocycles. The van der Waals surface area contributed by atoms with Crippen LogP contribution in [0.5, 0.6) is 0 Å². The van der Waals surface area contributed by atoms with Gasteiger partial charge in [0, 0.05) is 13.1 Å². The second-order valence-electron chi connectivity index (χ2n) is 6.18. The van der Waals surface area contributed by atoms with Gasteiger partial charge in [-0.05, 0) is 30.6 Å². The van der Waals surface area contributed by atoms with Gasteiger partial charge in [-0.1, -0.05) is 33.6 Å². The summed E-state index contributed by atoms with van der Waals surface area (Å²) in [7, 11) is 0. The van der Waals surface area contributed by atoms with Crippen LogP contribution in [-0.2, 0) is 4.79 Å². The van der Waals surface area contributed by atoms with Gasteiger partial charge in [0.15, 0.2) is 0 Å². The Kier molecular flexibility index (Phi) is 5.44. The molecule has 0 aromatic rings. The van der Waals surface area contributed by atoms with Gasteiger partial charge in [-0.2, -0.15) is 0 Å². The molecule has 3 nitrogen and oxygen atoms in total. The molecule has 0 bridgehead atoms. The van der Waals surface area contributed by atoms with Gasteiger partial charge < -0.3 is 10.4 Å². The molecule has 1 saturated carbocycles. The van der Waals surface area contributed by atoms with E-state index in [1.54, 1.807) is 6.92 Å². The van der Waals surface area contributed by atoms with Crippen LogP contribution in [0, 0.1) is 17.3 Å². The highest BCUT2D eigenvalue weighted by molar-refractivity contribution is 5.69. The topological polar surface area (TPSA) is 49.3 Å². The van der Waals surface area contributed by atoms with E-state index in [4.69, 9.17) is 5.11 Å². The zero-order valence-corrected chi connectivity index (χ0v) is 11.5. The first-order valence-electron chi connectivity index (χ1n) is 6.89. The van der Waals surface area contributed by atoms with E-state index in [1.165, 1.54) is 32.1 Å². The van der Waals surface area contributed by atoms with E-state index in [-0.39, 0.29) is 5.92 Å². The molecule has 0 spiro atoms. The molecule has 0 aliphatic heterocycles. The third-order valence-corrected chi connectivity index (χ3v) is 3.88. The summed E-state index contributed by atoms with van der Waals surface area (Å²) >= 11 is 0. The summed E-state index contributed by atoms with van der Waals surface area (Å²) < 4.78 is 0. The molecule has 0 saturated heterocycles. The highest BCUT2D eigenvalue weighted by Crippen LogP contribution is 2.42. The van der Waals surface area contributed by atoms with Gasteiger partial charge in [0.25, 0.3) is 0 Å². The highest BCUT2D eigenvalue weighted by atomic mass is 16.4. The molecule has 1 atom stereocenters. The van der Waals surface area contributed by atoms with Crippen LogP contribution in [-0.4, -0.2) is 24.2 Å². The standard InChI is InChI=1S/C14H27NO2/c1-11(2)8-14(6-4-5-7-14)10-15-9-12(3)13(16)17/h11-12,15H,4-10H2,1-3H3,(H,16,17). The molecule has 0 amide bonds. The average Bonchev–Trinajstić information content (AvgIpc) is 2.65. The second kappa shape index (κ2) is 6.39. The normalized spacial score (nSPS) is 20.7. The summed E-state index contributed by atoms with van der Waals surface area (Å²) in [4.78, 5) is 10.7. The van der Waals surface area contributed by atoms with Crippen LogP contribution >= 0.6 is 0 Å². The smallest absolute Gasteiger partial charge is 0.307 e. The zero-order valence-electron chi connectivity index (χ0n) is 11.5. The lowest BCUT2D eigenvalue weighted by atomic mass is 9.78. The predicted molar refractivity (Wildman–Crippen MR) is 70.0 cm³/mol. The lowest BCUT2D eigenvalue weighted by Crippen LogP contribution is -2.36. The number of rotatable bonds is 7. The fraction of sp³-hybridized carbons (Fsp3) is 0.929. The molecule has 0 aromatic carbocycles. The van der Waals surface area contributed by atoms with E-state index in [1.807, 2.05) is 0 Å². The first-order chi connectivity index (χ1) is 7.95. The van der Waals surface area contributed by atoms with Crippen molar-refractivity contribution in [3.05, 3.63) is 0 Å². The maximum Gasteiger partial charge on any atom is 0.307 e. The van der Waals surface area contributed by atoms with Crippen LogP contribution in [0.25, 0.3) is 0 Å². The summed E-state index contributed by atoms with van der Waals surface area (Å²) in [5, 5.41) is 12.2. The van der Waals surface area contributed by atoms with E-state index < -0.39 is 5.97 Å². The van der Waals surface area contributed by atoms with Crippen molar-refractivity contribution in [3.63, 3.8) is 0 Å². The molecular weight excluding hydrogens is 214 g/mol. The van der Waals surface area contributed by atoms with Crippen molar-refractivity contribution >= 4 is 5.97 Å². The minimum absolute atomic E-state index is 0.285. The highest BCUT2D eigenvalue weighted by Gasteiger charge is 2.34. The fourth-order valence-electron chi connectivity index (χ4n) is 3.09. The Balaban J connectivity index is 2.37. The largest absolute Gasteiger partial charge is 0.481 e. The van der Waals surface area contributed by atoms with Gasteiger partial charge in [-0.25, -0.2) is 0 Å². The van der Waals surface area contributed by atoms with Crippen LogP contribution in [0.2, 0.25) is 0 Å². The molecular formula is C14H27NO2. The quantitative estimate of drug-likeness (QED) is 0.720. The molecule has 100 valence electrons. The maximum atomic E-state index is 10.7. The van der Waals surface area contributed by atoms with Crippen molar-refractivity contribution in [2.75, 3.05) is 13.1 Å². The number of carboxylic acid groups (broad SMARTS) is 1. The minimum Gasteiger partial charge on any atom is -0.481 e. The number of aliphatic carboxylic acids is 1. The SMILES string of the molecule is CC(C)CC1(CNCC(C)C(=O)O)CCCC1. The zero-order chi connectivity index (χ0) is 12.9. The van der Waals surface area contributed by atoms with E-state index in [0.29, 0.717) is 12.0 Å². The number of nitrogens with one attached hydrogen (secondary N) is 1. The predicted octanol–water partition coefficient (Wildman–Crippen LogP) is 2.90. The number of carboxylic acids is 1. The van der Waals surface area contributed by atoms with Crippen LogP contribution < -0.4 is 5.32 Å². The third kappa shape index (κ3) is 4.66. The van der Waals surface area contributed by atoms with E-state index in [2.05, 4.69) is 19.2 Å². The summed E-state index contributed by atoms with van der Waals surface area (Å²) in [6.45, 7) is 7.90. The van der Waals surface area contributed by atoms with Gasteiger partial charge in [-0.15, -0.1) is 0 Å². The van der Waals surface area contributed by atoms with Crippen molar-refractivity contribution in [3.8, 4) is 0 Å². The Labute approximate surface area is 105 Å². The molecule has 3 heteroatoms. The third-order valence-electron chi connectivity index (χ3n) is 3.88. The second-order valence-corrected chi connectivity index (χ2v) is 6.18. The van der Waals surface area contributed by atoms with Gasteiger partial charge in [0.2, 0.25) is 0 Å². The van der Waals surface area contributed by atoms with E-state index in [9.17, 15) is 4.79 Å². The van der Waals surface area contributed by atoms with Crippen molar-refractivity contribution in [2.24, 2.45) is 17.3 Å². The first-order valence-corrected chi connectivity index (χ1v) is 6.89. The monoisotopic (exact) mass is 241 g/mol. The molecule has 1 rings (SSSR count). The van der Waals surface area contributed by atoms with Crippen LogP contribution in [0.1, 0.15) is 52.9 Å². The molecule has 1 unspecified atom stereocenters. The van der Waals surface area contributed by atoms with Crippen LogP contribution in [0.3, 0.4) is 0 Å². The molecule has 0 aromatic heterocycles. The summed E-state index contributed by atoms with van der Waals surface area (Å²) in [6.07, 6.45) is 6.55. The number of hydrogen-bond acceptors (Lipinski definition) is 2. The van der Waals surface area contributed by atoms with Crippen molar-refractivity contribution in [2.45, 2.75) is 52.9 Å². The lowest BCUT2D eigenvalue weighted by Gasteiger charge is -2.31. The van der Waals surface area contributed by atoms with E-state index in [0.717, 1.165) is 12.5 Å². The van der Waals surface area contributed by atoms with Gasteiger partial charge in [0.05, 0.1) is 5.92 Å². The number of carbonyl (C=O) groups is 1. The summed E-state index contributed by atoms with van der Waals surface area (Å²) in [6, 6.07) is 0. The Morgan fingerprint density at radius 1 is 1.29 bits per heavy atom. The summed E-state index contributed by atoms with van der Waals surface area (Å²) in [5.41, 5.74) is 0.437. The molecule has 2 N–H and O–H groups in total.